The average molecular weight is 293 g/mol. The molecule has 116 valence electrons. The largest absolute Gasteiger partial charge is 0.497 e. The first kappa shape index (κ1) is 17.0. The molecule has 6 nitrogen and oxygen atoms in total. The number of likely N-dealkylation sites (N-methyl/N-ethyl adjacent to an activating group) is 1. The fourth-order valence-corrected chi connectivity index (χ4v) is 1.94. The van der Waals surface area contributed by atoms with Crippen molar-refractivity contribution in [2.45, 2.75) is 25.8 Å². The number of carbonyl (C=O) groups is 2. The predicted molar refractivity (Wildman–Crippen MR) is 81.1 cm³/mol. The molecule has 0 saturated carbocycles. The quantitative estimate of drug-likeness (QED) is 0.789. The number of benzene rings is 1. The topological polar surface area (TPSA) is 84.7 Å². The van der Waals surface area contributed by atoms with Gasteiger partial charge in [0, 0.05) is 0 Å². The molecule has 0 aliphatic rings. The van der Waals surface area contributed by atoms with Crippen LogP contribution in [0.3, 0.4) is 0 Å². The number of nitrogens with zero attached hydrogens (tertiary/aromatic N) is 1. The van der Waals surface area contributed by atoms with E-state index in [1.807, 2.05) is 36.2 Å². The van der Waals surface area contributed by atoms with Gasteiger partial charge in [0.05, 0.1) is 13.2 Å². The standard InChI is InChI=1S/C15H23N3O3/c1-11(14(19)17-15(16)20)18(2)10-4-5-12-6-8-13(21-3)9-7-12/h6-9,11H,4-5,10H2,1-3H3,(H3,16,17,19,20)/t11-/m1/s1. The molecule has 0 unspecified atom stereocenters. The molecule has 1 aromatic rings. The van der Waals surface area contributed by atoms with Crippen molar-refractivity contribution >= 4 is 11.9 Å². The second-order valence-electron chi connectivity index (χ2n) is 4.96. The van der Waals surface area contributed by atoms with E-state index < -0.39 is 12.1 Å². The van der Waals surface area contributed by atoms with Crippen LogP contribution in [0.25, 0.3) is 0 Å². The van der Waals surface area contributed by atoms with Gasteiger partial charge in [0.25, 0.3) is 0 Å². The molecule has 0 radical (unpaired) electrons. The minimum atomic E-state index is -0.821. The van der Waals surface area contributed by atoms with E-state index >= 15 is 0 Å². The van der Waals surface area contributed by atoms with E-state index in [2.05, 4.69) is 5.32 Å². The zero-order valence-corrected chi connectivity index (χ0v) is 12.8. The summed E-state index contributed by atoms with van der Waals surface area (Å²) in [4.78, 5) is 24.2. The summed E-state index contributed by atoms with van der Waals surface area (Å²) >= 11 is 0. The molecular weight excluding hydrogens is 270 g/mol. The van der Waals surface area contributed by atoms with Crippen molar-refractivity contribution in [3.05, 3.63) is 29.8 Å². The highest BCUT2D eigenvalue weighted by molar-refractivity contribution is 5.96. The smallest absolute Gasteiger partial charge is 0.318 e. The van der Waals surface area contributed by atoms with Gasteiger partial charge in [-0.05, 0) is 51.1 Å². The number of ether oxygens (including phenoxy) is 1. The highest BCUT2D eigenvalue weighted by atomic mass is 16.5. The molecule has 0 bridgehead atoms. The summed E-state index contributed by atoms with van der Waals surface area (Å²) in [5, 5.41) is 2.09. The number of imide groups is 1. The van der Waals surface area contributed by atoms with Crippen molar-refractivity contribution in [3.8, 4) is 5.75 Å². The van der Waals surface area contributed by atoms with Gasteiger partial charge in [-0.2, -0.15) is 0 Å². The number of aryl methyl sites for hydroxylation is 1. The summed E-state index contributed by atoms with van der Waals surface area (Å²) in [6.07, 6.45) is 1.83. The molecule has 0 aliphatic heterocycles. The van der Waals surface area contributed by atoms with E-state index in [-0.39, 0.29) is 5.91 Å². The van der Waals surface area contributed by atoms with Crippen molar-refractivity contribution in [1.82, 2.24) is 10.2 Å². The number of primary amides is 1. The van der Waals surface area contributed by atoms with Crippen molar-refractivity contribution in [1.29, 1.82) is 0 Å². The Balaban J connectivity index is 2.36. The molecule has 0 aliphatic carbocycles. The lowest BCUT2D eigenvalue weighted by atomic mass is 10.1. The van der Waals surface area contributed by atoms with Crippen molar-refractivity contribution in [3.63, 3.8) is 0 Å². The molecule has 0 saturated heterocycles. The Morgan fingerprint density at radius 2 is 1.95 bits per heavy atom. The number of carbonyl (C=O) groups excluding carboxylic acids is 2. The van der Waals surface area contributed by atoms with Gasteiger partial charge in [0.2, 0.25) is 5.91 Å². The number of nitrogens with two attached hydrogens (primary N) is 1. The van der Waals surface area contributed by atoms with Crippen LogP contribution >= 0.6 is 0 Å². The van der Waals surface area contributed by atoms with Gasteiger partial charge in [-0.25, -0.2) is 4.79 Å². The molecule has 1 aromatic carbocycles. The number of hydrogen-bond acceptors (Lipinski definition) is 4. The van der Waals surface area contributed by atoms with Gasteiger partial charge in [-0.1, -0.05) is 12.1 Å². The zero-order valence-electron chi connectivity index (χ0n) is 12.8. The number of hydrogen-bond donors (Lipinski definition) is 2. The number of rotatable bonds is 7. The third-order valence-electron chi connectivity index (χ3n) is 3.42. The fourth-order valence-electron chi connectivity index (χ4n) is 1.94. The Morgan fingerprint density at radius 1 is 1.33 bits per heavy atom. The van der Waals surface area contributed by atoms with Gasteiger partial charge in [0.1, 0.15) is 5.75 Å². The van der Waals surface area contributed by atoms with Crippen LogP contribution < -0.4 is 15.8 Å². The Hall–Kier alpha value is -2.08. The predicted octanol–water partition coefficient (Wildman–Crippen LogP) is 1.14. The van der Waals surface area contributed by atoms with Crippen LogP contribution in [0.1, 0.15) is 18.9 Å². The Morgan fingerprint density at radius 3 is 2.48 bits per heavy atom. The van der Waals surface area contributed by atoms with Gasteiger partial charge in [-0.15, -0.1) is 0 Å². The Kier molecular flexibility index (Phi) is 6.68. The van der Waals surface area contributed by atoms with Crippen molar-refractivity contribution < 1.29 is 14.3 Å². The Bertz CT molecular complexity index is 474. The molecule has 0 aromatic heterocycles. The lowest BCUT2D eigenvalue weighted by Gasteiger charge is -2.23. The van der Waals surface area contributed by atoms with Crippen LogP contribution in [-0.4, -0.2) is 43.6 Å². The first-order chi connectivity index (χ1) is 9.93. The van der Waals surface area contributed by atoms with E-state index in [1.165, 1.54) is 5.56 Å². The summed E-state index contributed by atoms with van der Waals surface area (Å²) in [7, 11) is 3.49. The number of urea groups is 1. The molecule has 0 heterocycles. The first-order valence-electron chi connectivity index (χ1n) is 6.87. The third-order valence-corrected chi connectivity index (χ3v) is 3.42. The monoisotopic (exact) mass is 293 g/mol. The summed E-state index contributed by atoms with van der Waals surface area (Å²) in [6, 6.07) is 6.71. The second kappa shape index (κ2) is 8.26. The Labute approximate surface area is 125 Å². The maximum atomic E-state index is 11.6. The molecule has 0 spiro atoms. The average Bonchev–Trinajstić information content (AvgIpc) is 2.46. The molecule has 1 rings (SSSR count). The third kappa shape index (κ3) is 5.83. The van der Waals surface area contributed by atoms with E-state index in [0.717, 1.165) is 25.1 Å². The molecule has 3 N–H and O–H groups in total. The van der Waals surface area contributed by atoms with E-state index in [4.69, 9.17) is 10.5 Å². The summed E-state index contributed by atoms with van der Waals surface area (Å²) < 4.78 is 5.11. The number of nitrogens with one attached hydrogen (secondary N) is 1. The summed E-state index contributed by atoms with van der Waals surface area (Å²) in [5.74, 6) is 0.460. The van der Waals surface area contributed by atoms with Crippen LogP contribution in [0.4, 0.5) is 4.79 Å². The van der Waals surface area contributed by atoms with Crippen LogP contribution in [-0.2, 0) is 11.2 Å². The number of amides is 3. The molecule has 0 fully saturated rings. The zero-order chi connectivity index (χ0) is 15.8. The number of methoxy groups -OCH3 is 1. The van der Waals surface area contributed by atoms with Crippen LogP contribution in [0.5, 0.6) is 5.75 Å². The minimum absolute atomic E-state index is 0.380. The lowest BCUT2D eigenvalue weighted by Crippen LogP contribution is -2.47. The lowest BCUT2D eigenvalue weighted by molar-refractivity contribution is -0.124. The van der Waals surface area contributed by atoms with Crippen molar-refractivity contribution in [2.24, 2.45) is 5.73 Å². The normalized spacial score (nSPS) is 12.0. The minimum Gasteiger partial charge on any atom is -0.497 e. The van der Waals surface area contributed by atoms with Gasteiger partial charge in [-0.3, -0.25) is 15.0 Å². The van der Waals surface area contributed by atoms with E-state index in [9.17, 15) is 9.59 Å². The van der Waals surface area contributed by atoms with Crippen LogP contribution in [0.15, 0.2) is 24.3 Å². The molecule has 1 atom stereocenters. The van der Waals surface area contributed by atoms with Crippen molar-refractivity contribution in [2.75, 3.05) is 20.7 Å². The maximum Gasteiger partial charge on any atom is 0.318 e. The van der Waals surface area contributed by atoms with Gasteiger partial charge < -0.3 is 10.5 Å². The SMILES string of the molecule is COc1ccc(CCCN(C)[C@H](C)C(=O)NC(N)=O)cc1. The summed E-state index contributed by atoms with van der Waals surface area (Å²) in [6.45, 7) is 2.49. The van der Waals surface area contributed by atoms with E-state index in [1.54, 1.807) is 14.0 Å². The molecular formula is C15H23N3O3. The highest BCUT2D eigenvalue weighted by Gasteiger charge is 2.18. The molecule has 6 heteroatoms. The highest BCUT2D eigenvalue weighted by Crippen LogP contribution is 2.12. The van der Waals surface area contributed by atoms with Gasteiger partial charge >= 0.3 is 6.03 Å². The van der Waals surface area contributed by atoms with E-state index in [0.29, 0.717) is 0 Å². The molecule has 3 amide bonds. The second-order valence-corrected chi connectivity index (χ2v) is 4.96. The van der Waals surface area contributed by atoms with Gasteiger partial charge in [0.15, 0.2) is 0 Å². The first-order valence-corrected chi connectivity index (χ1v) is 6.87. The van der Waals surface area contributed by atoms with Crippen LogP contribution in [0, 0.1) is 0 Å². The summed E-state index contributed by atoms with van der Waals surface area (Å²) in [5.41, 5.74) is 6.15. The maximum absolute atomic E-state index is 11.6. The van der Waals surface area contributed by atoms with Crippen LogP contribution in [0.2, 0.25) is 0 Å². The molecule has 21 heavy (non-hydrogen) atoms. The fraction of sp³-hybridized carbons (Fsp3) is 0.467.